The molecule has 7 nitrogen and oxygen atoms in total. The third-order valence-corrected chi connectivity index (χ3v) is 4.06. The number of ether oxygens (including phenoxy) is 1. The average Bonchev–Trinajstić information content (AvgIpc) is 3.03. The smallest absolute Gasteiger partial charge is 0.243 e. The number of tetrazole rings is 1. The zero-order valence-corrected chi connectivity index (χ0v) is 13.2. The van der Waals surface area contributed by atoms with Gasteiger partial charge in [-0.05, 0) is 30.2 Å². The van der Waals surface area contributed by atoms with Crippen LogP contribution in [0.3, 0.4) is 0 Å². The summed E-state index contributed by atoms with van der Waals surface area (Å²) in [5.74, 6) is 1.06. The summed E-state index contributed by atoms with van der Waals surface area (Å²) in [7, 11) is 1.60. The fourth-order valence-corrected chi connectivity index (χ4v) is 2.90. The molecule has 23 heavy (non-hydrogen) atoms. The van der Waals surface area contributed by atoms with E-state index in [9.17, 15) is 4.79 Å². The second kappa shape index (κ2) is 7.21. The van der Waals surface area contributed by atoms with Crippen LogP contribution in [-0.4, -0.2) is 39.3 Å². The van der Waals surface area contributed by atoms with Crippen LogP contribution in [0.5, 0.6) is 5.75 Å². The summed E-state index contributed by atoms with van der Waals surface area (Å²) in [5.41, 5.74) is 0.758. The first-order valence-electron chi connectivity index (χ1n) is 7.97. The Hall–Kier alpha value is -2.44. The van der Waals surface area contributed by atoms with Crippen LogP contribution in [0, 0.1) is 0 Å². The number of methoxy groups -OCH3 is 1. The molecule has 1 heterocycles. The van der Waals surface area contributed by atoms with Gasteiger partial charge in [0.15, 0.2) is 0 Å². The molecule has 0 spiro atoms. The van der Waals surface area contributed by atoms with Crippen molar-refractivity contribution in [2.45, 2.75) is 44.7 Å². The van der Waals surface area contributed by atoms with Gasteiger partial charge in [0, 0.05) is 6.04 Å². The fourth-order valence-electron chi connectivity index (χ4n) is 2.90. The molecule has 1 aromatic carbocycles. The van der Waals surface area contributed by atoms with E-state index < -0.39 is 0 Å². The summed E-state index contributed by atoms with van der Waals surface area (Å²) in [6.07, 6.45) is 5.75. The van der Waals surface area contributed by atoms with Crippen molar-refractivity contribution in [3.05, 3.63) is 24.3 Å². The summed E-state index contributed by atoms with van der Waals surface area (Å²) in [4.78, 5) is 13.4. The summed E-state index contributed by atoms with van der Waals surface area (Å²) in [6, 6.07) is 7.75. The standard InChI is InChI=1S/C16H21N5O2/c1-23-14-10-6-5-9-13(14)16-18-20-21(19-16)11-15(22)17-12-7-3-2-4-8-12/h5-6,9-10,12H,2-4,7-8,11H2,1H3,(H,17,22). The second-order valence-corrected chi connectivity index (χ2v) is 5.75. The van der Waals surface area contributed by atoms with Gasteiger partial charge >= 0.3 is 0 Å². The second-order valence-electron chi connectivity index (χ2n) is 5.75. The molecular weight excluding hydrogens is 294 g/mol. The minimum absolute atomic E-state index is 0.0686. The molecule has 2 aromatic rings. The Labute approximate surface area is 135 Å². The molecule has 1 aromatic heterocycles. The van der Waals surface area contributed by atoms with Crippen molar-refractivity contribution in [1.82, 2.24) is 25.5 Å². The minimum atomic E-state index is -0.0686. The molecule has 1 N–H and O–H groups in total. The number of rotatable bonds is 5. The van der Waals surface area contributed by atoms with Crippen LogP contribution in [0.15, 0.2) is 24.3 Å². The lowest BCUT2D eigenvalue weighted by Gasteiger charge is -2.22. The number of aromatic nitrogens is 4. The first-order chi connectivity index (χ1) is 11.3. The normalized spacial score (nSPS) is 15.3. The van der Waals surface area contributed by atoms with E-state index in [0.29, 0.717) is 11.6 Å². The molecule has 0 radical (unpaired) electrons. The molecule has 3 rings (SSSR count). The Morgan fingerprint density at radius 2 is 2.09 bits per heavy atom. The van der Waals surface area contributed by atoms with E-state index >= 15 is 0 Å². The Morgan fingerprint density at radius 3 is 2.87 bits per heavy atom. The predicted molar refractivity (Wildman–Crippen MR) is 84.8 cm³/mol. The molecule has 0 saturated heterocycles. The molecule has 1 aliphatic carbocycles. The van der Waals surface area contributed by atoms with E-state index in [2.05, 4.69) is 20.7 Å². The van der Waals surface area contributed by atoms with E-state index in [1.54, 1.807) is 7.11 Å². The van der Waals surface area contributed by atoms with Gasteiger partial charge in [-0.3, -0.25) is 4.79 Å². The monoisotopic (exact) mass is 315 g/mol. The summed E-state index contributed by atoms with van der Waals surface area (Å²) in [6.45, 7) is 0.0820. The fraction of sp³-hybridized carbons (Fsp3) is 0.500. The highest BCUT2D eigenvalue weighted by Gasteiger charge is 2.17. The van der Waals surface area contributed by atoms with Crippen molar-refractivity contribution in [3.63, 3.8) is 0 Å². The first kappa shape index (κ1) is 15.5. The molecular formula is C16H21N5O2. The maximum absolute atomic E-state index is 12.1. The Morgan fingerprint density at radius 1 is 1.30 bits per heavy atom. The van der Waals surface area contributed by atoms with Crippen LogP contribution in [0.1, 0.15) is 32.1 Å². The van der Waals surface area contributed by atoms with Gasteiger partial charge in [-0.15, -0.1) is 10.2 Å². The lowest BCUT2D eigenvalue weighted by Crippen LogP contribution is -2.38. The van der Waals surface area contributed by atoms with Gasteiger partial charge < -0.3 is 10.1 Å². The quantitative estimate of drug-likeness (QED) is 0.910. The van der Waals surface area contributed by atoms with Crippen LogP contribution >= 0.6 is 0 Å². The minimum Gasteiger partial charge on any atom is -0.496 e. The van der Waals surface area contributed by atoms with E-state index in [-0.39, 0.29) is 18.5 Å². The number of nitrogens with one attached hydrogen (secondary N) is 1. The number of benzene rings is 1. The van der Waals surface area contributed by atoms with E-state index in [0.717, 1.165) is 18.4 Å². The molecule has 0 unspecified atom stereocenters. The first-order valence-corrected chi connectivity index (χ1v) is 7.97. The average molecular weight is 315 g/mol. The molecule has 122 valence electrons. The molecule has 7 heteroatoms. The Kier molecular flexibility index (Phi) is 4.85. The molecule has 1 amide bonds. The predicted octanol–water partition coefficient (Wildman–Crippen LogP) is 1.80. The third-order valence-electron chi connectivity index (χ3n) is 4.06. The third kappa shape index (κ3) is 3.85. The van der Waals surface area contributed by atoms with Gasteiger partial charge in [0.25, 0.3) is 0 Å². The van der Waals surface area contributed by atoms with Gasteiger partial charge in [0.1, 0.15) is 12.3 Å². The Balaban J connectivity index is 1.63. The highest BCUT2D eigenvalue weighted by molar-refractivity contribution is 5.75. The number of nitrogens with zero attached hydrogens (tertiary/aromatic N) is 4. The van der Waals surface area contributed by atoms with Crippen LogP contribution < -0.4 is 10.1 Å². The molecule has 1 aliphatic rings. The van der Waals surface area contributed by atoms with Crippen molar-refractivity contribution in [2.75, 3.05) is 7.11 Å². The number of carbonyl (C=O) groups excluding carboxylic acids is 1. The van der Waals surface area contributed by atoms with Crippen LogP contribution in [0.4, 0.5) is 0 Å². The maximum Gasteiger partial charge on any atom is 0.243 e. The molecule has 0 aliphatic heterocycles. The maximum atomic E-state index is 12.1. The van der Waals surface area contributed by atoms with Crippen molar-refractivity contribution in [3.8, 4) is 17.1 Å². The van der Waals surface area contributed by atoms with Gasteiger partial charge in [-0.1, -0.05) is 31.4 Å². The van der Waals surface area contributed by atoms with Crippen molar-refractivity contribution in [1.29, 1.82) is 0 Å². The summed E-state index contributed by atoms with van der Waals surface area (Å²) in [5, 5.41) is 15.3. The summed E-state index contributed by atoms with van der Waals surface area (Å²) >= 11 is 0. The number of carbonyl (C=O) groups is 1. The number of amides is 1. The van der Waals surface area contributed by atoms with Crippen molar-refractivity contribution < 1.29 is 9.53 Å². The topological polar surface area (TPSA) is 81.9 Å². The van der Waals surface area contributed by atoms with Crippen LogP contribution in [-0.2, 0) is 11.3 Å². The lowest BCUT2D eigenvalue weighted by molar-refractivity contribution is -0.123. The van der Waals surface area contributed by atoms with Crippen molar-refractivity contribution >= 4 is 5.91 Å². The largest absolute Gasteiger partial charge is 0.496 e. The van der Waals surface area contributed by atoms with Crippen LogP contribution in [0.25, 0.3) is 11.4 Å². The summed E-state index contributed by atoms with van der Waals surface area (Å²) < 4.78 is 5.29. The number of para-hydroxylation sites is 1. The highest BCUT2D eigenvalue weighted by Crippen LogP contribution is 2.25. The molecule has 0 bridgehead atoms. The highest BCUT2D eigenvalue weighted by atomic mass is 16.5. The van der Waals surface area contributed by atoms with Gasteiger partial charge in [0.05, 0.1) is 12.7 Å². The lowest BCUT2D eigenvalue weighted by atomic mass is 9.95. The van der Waals surface area contributed by atoms with Crippen LogP contribution in [0.2, 0.25) is 0 Å². The zero-order chi connectivity index (χ0) is 16.1. The van der Waals surface area contributed by atoms with E-state index in [1.807, 2.05) is 24.3 Å². The van der Waals surface area contributed by atoms with Gasteiger partial charge in [0.2, 0.25) is 11.7 Å². The van der Waals surface area contributed by atoms with E-state index in [4.69, 9.17) is 4.74 Å². The van der Waals surface area contributed by atoms with E-state index in [1.165, 1.54) is 24.1 Å². The SMILES string of the molecule is COc1ccccc1-c1nnn(CC(=O)NC2CCCCC2)n1. The molecule has 1 saturated carbocycles. The Bertz CT molecular complexity index is 664. The van der Waals surface area contributed by atoms with Crippen molar-refractivity contribution in [2.24, 2.45) is 0 Å². The molecule has 0 atom stereocenters. The number of hydrogen-bond acceptors (Lipinski definition) is 5. The zero-order valence-electron chi connectivity index (χ0n) is 13.2. The van der Waals surface area contributed by atoms with Gasteiger partial charge in [-0.2, -0.15) is 4.80 Å². The van der Waals surface area contributed by atoms with Gasteiger partial charge in [-0.25, -0.2) is 0 Å². The number of hydrogen-bond donors (Lipinski definition) is 1. The molecule has 1 fully saturated rings.